The molecule has 81 heavy (non-hydrogen) atoms. The van der Waals surface area contributed by atoms with E-state index in [4.69, 9.17) is 17.2 Å². The Hall–Kier alpha value is -7.50. The Morgan fingerprint density at radius 3 is 1.63 bits per heavy atom. The maximum atomic E-state index is 14.9. The smallest absolute Gasteiger partial charge is 0.244 e. The third-order valence-corrected chi connectivity index (χ3v) is 14.8. The number of aliphatic hydroxyl groups excluding tert-OH is 1. The predicted molar refractivity (Wildman–Crippen MR) is 316 cm³/mol. The van der Waals surface area contributed by atoms with Crippen LogP contribution in [0.3, 0.4) is 0 Å². The maximum absolute atomic E-state index is 14.9. The van der Waals surface area contributed by atoms with Crippen molar-refractivity contribution in [3.63, 3.8) is 0 Å². The van der Waals surface area contributed by atoms with Crippen molar-refractivity contribution in [1.82, 2.24) is 37.2 Å². The minimum Gasteiger partial charge on any atom is -0.508 e. The van der Waals surface area contributed by atoms with Crippen molar-refractivity contribution in [3.8, 4) is 16.9 Å². The number of benzene rings is 5. The molecule has 0 aliphatic heterocycles. The van der Waals surface area contributed by atoms with Gasteiger partial charge in [0, 0.05) is 24.3 Å². The second-order valence-corrected chi connectivity index (χ2v) is 21.4. The molecule has 20 nitrogen and oxygen atoms in total. The first kappa shape index (κ1) is 62.7. The summed E-state index contributed by atoms with van der Waals surface area (Å²) in [6, 6.07) is 22.8. The Morgan fingerprint density at radius 2 is 1.01 bits per heavy atom. The summed E-state index contributed by atoms with van der Waals surface area (Å²) in [4.78, 5) is 111. The number of rotatable bonds is 29. The lowest BCUT2D eigenvalue weighted by molar-refractivity contribution is -0.136. The van der Waals surface area contributed by atoms with Crippen LogP contribution in [0.25, 0.3) is 21.9 Å². The number of amides is 8. The van der Waals surface area contributed by atoms with E-state index in [0.717, 1.165) is 38.6 Å². The Balaban J connectivity index is 1.25. The highest BCUT2D eigenvalue weighted by Crippen LogP contribution is 2.37. The fourth-order valence-electron chi connectivity index (χ4n) is 9.54. The van der Waals surface area contributed by atoms with Gasteiger partial charge < -0.3 is 64.6 Å². The molecule has 0 fully saturated rings. The Labute approximate surface area is 482 Å². The Morgan fingerprint density at radius 1 is 0.519 bits per heavy atom. The van der Waals surface area contributed by atoms with E-state index in [1.165, 1.54) is 19.1 Å². The van der Waals surface area contributed by atoms with Gasteiger partial charge in [-0.2, -0.15) is 25.3 Å². The number of phenolic OH excluding ortho intramolecular Hbond substituents is 1. The Bertz CT molecular complexity index is 3050. The summed E-state index contributed by atoms with van der Waals surface area (Å²) in [7, 11) is 0. The second-order valence-electron chi connectivity index (χ2n) is 20.7. The van der Waals surface area contributed by atoms with Crippen LogP contribution in [-0.4, -0.2) is 130 Å². The number of fused-ring (bicyclic) bond motifs is 4. The van der Waals surface area contributed by atoms with Crippen LogP contribution in [-0.2, 0) is 64.0 Å². The molecule has 0 bridgehead atoms. The van der Waals surface area contributed by atoms with Crippen molar-refractivity contribution in [1.29, 1.82) is 0 Å². The van der Waals surface area contributed by atoms with Crippen molar-refractivity contribution >= 4 is 83.3 Å². The van der Waals surface area contributed by atoms with E-state index in [1.807, 2.05) is 84.9 Å². The molecule has 0 saturated carbocycles. The van der Waals surface area contributed by atoms with Crippen LogP contribution in [0.15, 0.2) is 109 Å². The molecule has 0 unspecified atom stereocenters. The standard InChI is InChI=1S/C59H74N10O10S2/c1-32(2)50(59(79)67-49(31-81)58(78)69-51(33(3)70)52(62)72)68-54(74)45(14-8-9-23-60)63-55(75)47(28-36-18-22-43-40(25-36)29-39-12-6-7-13-42(39)43)64-56(76)46(27-34-16-20-41(71)21-17-34)65-57(77)48(30-80)66-53(73)44(61)26-35-15-19-37-10-4-5-11-38(37)24-35/h4-7,10-13,15-22,24-25,32-33,44-51,70-71,80-81H,8-9,14,23,26-31,60-61H2,1-3H3,(H2,62,72)(H,63,75)(H,64,76)(H,65,77)(H,66,73)(H,67,79)(H,68,74)(H,69,78)/t33-,44+,45+,46+,47-,48+,49+,50+,51+/m1/s1. The molecule has 15 N–H and O–H groups in total. The molecule has 5 aromatic carbocycles. The topological polar surface area (TPSA) is 339 Å². The monoisotopic (exact) mass is 1150 g/mol. The minimum atomic E-state index is -1.46. The fraction of sp³-hybridized carbons (Fsp3) is 0.390. The zero-order chi connectivity index (χ0) is 58.9. The largest absolute Gasteiger partial charge is 0.508 e. The van der Waals surface area contributed by atoms with Gasteiger partial charge in [-0.15, -0.1) is 0 Å². The van der Waals surface area contributed by atoms with Gasteiger partial charge in [0.1, 0.15) is 48.0 Å². The number of nitrogens with two attached hydrogens (primary N) is 3. The second kappa shape index (κ2) is 29.8. The molecule has 0 aromatic heterocycles. The van der Waals surface area contributed by atoms with Crippen LogP contribution in [0.5, 0.6) is 5.75 Å². The molecule has 432 valence electrons. The third kappa shape index (κ3) is 17.5. The lowest BCUT2D eigenvalue weighted by atomic mass is 9.97. The van der Waals surface area contributed by atoms with E-state index >= 15 is 0 Å². The van der Waals surface area contributed by atoms with Crippen LogP contribution in [0.4, 0.5) is 0 Å². The van der Waals surface area contributed by atoms with Gasteiger partial charge in [0.25, 0.3) is 0 Å². The molecule has 0 spiro atoms. The van der Waals surface area contributed by atoms with Crippen molar-refractivity contribution in [2.75, 3.05) is 18.1 Å². The number of hydrogen-bond donors (Lipinski definition) is 14. The normalized spacial score (nSPS) is 15.0. The van der Waals surface area contributed by atoms with Gasteiger partial charge in [-0.1, -0.05) is 111 Å². The average Bonchev–Trinajstić information content (AvgIpc) is 3.81. The summed E-state index contributed by atoms with van der Waals surface area (Å²) >= 11 is 8.58. The van der Waals surface area contributed by atoms with E-state index in [0.29, 0.717) is 30.4 Å². The van der Waals surface area contributed by atoms with Gasteiger partial charge in [0.15, 0.2) is 0 Å². The molecule has 6 rings (SSSR count). The number of carbonyl (C=O) groups excluding carboxylic acids is 8. The summed E-state index contributed by atoms with van der Waals surface area (Å²) in [5, 5.41) is 40.8. The first-order valence-corrected chi connectivity index (χ1v) is 28.2. The van der Waals surface area contributed by atoms with Crippen molar-refractivity contribution in [3.05, 3.63) is 137 Å². The third-order valence-electron chi connectivity index (χ3n) is 14.1. The highest BCUT2D eigenvalue weighted by Gasteiger charge is 2.36. The molecule has 0 saturated heterocycles. The number of thiol groups is 2. The average molecular weight is 1150 g/mol. The van der Waals surface area contributed by atoms with E-state index in [-0.39, 0.29) is 49.5 Å². The highest BCUT2D eigenvalue weighted by molar-refractivity contribution is 7.80. The number of carbonyl (C=O) groups is 8. The van der Waals surface area contributed by atoms with E-state index in [1.54, 1.807) is 26.0 Å². The van der Waals surface area contributed by atoms with Crippen molar-refractivity contribution in [2.45, 2.75) is 120 Å². The minimum absolute atomic E-state index is 0.0424. The molecule has 0 heterocycles. The summed E-state index contributed by atoms with van der Waals surface area (Å²) in [6.07, 6.45) is 0.101. The number of aliphatic hydroxyl groups is 1. The van der Waals surface area contributed by atoms with E-state index in [2.05, 4.69) is 62.5 Å². The van der Waals surface area contributed by atoms with Gasteiger partial charge in [-0.05, 0) is 113 Å². The van der Waals surface area contributed by atoms with Gasteiger partial charge >= 0.3 is 0 Å². The molecular weight excluding hydrogens is 1070 g/mol. The fourth-order valence-corrected chi connectivity index (χ4v) is 10.1. The van der Waals surface area contributed by atoms with Gasteiger partial charge in [0.2, 0.25) is 47.3 Å². The molecule has 1 aliphatic rings. The molecule has 5 aromatic rings. The quantitative estimate of drug-likeness (QED) is 0.0234. The molecule has 22 heteroatoms. The number of aromatic hydroxyl groups is 1. The lowest BCUT2D eigenvalue weighted by Crippen LogP contribution is -2.62. The van der Waals surface area contributed by atoms with Crippen LogP contribution < -0.4 is 54.4 Å². The molecule has 8 amide bonds. The number of unbranched alkanes of at least 4 members (excludes halogenated alkanes) is 1. The number of nitrogens with one attached hydrogen (secondary N) is 7. The lowest BCUT2D eigenvalue weighted by Gasteiger charge is -2.29. The predicted octanol–water partition coefficient (Wildman–Crippen LogP) is 1.38. The molecule has 0 radical (unpaired) electrons. The van der Waals surface area contributed by atoms with E-state index in [9.17, 15) is 48.6 Å². The summed E-state index contributed by atoms with van der Waals surface area (Å²) in [5.41, 5.74) is 23.8. The van der Waals surface area contributed by atoms with Gasteiger partial charge in [-0.25, -0.2) is 0 Å². The van der Waals surface area contributed by atoms with Crippen LogP contribution >= 0.6 is 25.3 Å². The maximum Gasteiger partial charge on any atom is 0.244 e. The zero-order valence-corrected chi connectivity index (χ0v) is 47.3. The number of primary amides is 1. The molecule has 9 atom stereocenters. The first-order valence-electron chi connectivity index (χ1n) is 26.9. The van der Waals surface area contributed by atoms with Crippen LogP contribution in [0.1, 0.15) is 67.9 Å². The molecule has 1 aliphatic carbocycles. The molecular formula is C59H74N10O10S2. The van der Waals surface area contributed by atoms with Crippen molar-refractivity contribution in [2.24, 2.45) is 23.1 Å². The Kier molecular flexibility index (Phi) is 23.1. The van der Waals surface area contributed by atoms with Crippen LogP contribution in [0.2, 0.25) is 0 Å². The van der Waals surface area contributed by atoms with Gasteiger partial charge in [0.05, 0.1) is 12.1 Å². The SMILES string of the molecule is CC(C)[C@H](NC(=O)[C@H](CCCCN)NC(=O)[C@@H](Cc1ccc2c(c1)Cc1ccccc1-2)NC(=O)[C@H](Cc1ccc(O)cc1)NC(=O)[C@H](CS)NC(=O)[C@@H](N)Cc1ccc2ccccc2c1)C(=O)N[C@@H](CS)C(=O)N[C@H](C(N)=O)[C@@H](C)O. The van der Waals surface area contributed by atoms with Crippen molar-refractivity contribution < 1.29 is 48.6 Å². The first-order chi connectivity index (χ1) is 38.7. The summed E-state index contributed by atoms with van der Waals surface area (Å²) in [5.74, 6) is -7.45. The van der Waals surface area contributed by atoms with Crippen LogP contribution in [0, 0.1) is 5.92 Å². The summed E-state index contributed by atoms with van der Waals surface area (Å²) in [6.45, 7) is 4.83. The number of hydrogen-bond acceptors (Lipinski definition) is 14. The van der Waals surface area contributed by atoms with Gasteiger partial charge in [-0.3, -0.25) is 38.4 Å². The highest BCUT2D eigenvalue weighted by atomic mass is 32.1. The zero-order valence-electron chi connectivity index (χ0n) is 45.5. The van der Waals surface area contributed by atoms with E-state index < -0.39 is 108 Å². The summed E-state index contributed by atoms with van der Waals surface area (Å²) < 4.78 is 0. The number of phenols is 1.